The van der Waals surface area contributed by atoms with Crippen molar-refractivity contribution in [2.24, 2.45) is 0 Å². The third-order valence-electron chi connectivity index (χ3n) is 5.60. The number of carbonyl (C=O) groups is 3. The van der Waals surface area contributed by atoms with Crippen LogP contribution >= 0.6 is 0 Å². The third kappa shape index (κ3) is 3.30. The topological polar surface area (TPSA) is 84.9 Å². The summed E-state index contributed by atoms with van der Waals surface area (Å²) in [7, 11) is 0. The van der Waals surface area contributed by atoms with Gasteiger partial charge in [0.15, 0.2) is 17.3 Å². The van der Waals surface area contributed by atoms with Crippen LogP contribution in [0.2, 0.25) is 0 Å². The molecule has 7 nitrogen and oxygen atoms in total. The molecule has 0 aromatic heterocycles. The van der Waals surface area contributed by atoms with Gasteiger partial charge in [-0.25, -0.2) is 4.79 Å². The van der Waals surface area contributed by atoms with Gasteiger partial charge in [0, 0.05) is 5.56 Å². The predicted molar refractivity (Wildman–Crippen MR) is 110 cm³/mol. The molecule has 1 fully saturated rings. The highest BCUT2D eigenvalue weighted by Gasteiger charge is 2.49. The fraction of sp³-hybridized carbons (Fsp3) is 0.348. The van der Waals surface area contributed by atoms with Crippen molar-refractivity contribution >= 4 is 17.7 Å². The van der Waals surface area contributed by atoms with Crippen molar-refractivity contribution in [3.63, 3.8) is 0 Å². The van der Waals surface area contributed by atoms with E-state index in [4.69, 9.17) is 9.47 Å². The maximum absolute atomic E-state index is 13.1. The lowest BCUT2D eigenvalue weighted by molar-refractivity contribution is -0.130. The second kappa shape index (κ2) is 6.86. The Kier molecular flexibility index (Phi) is 4.56. The first-order chi connectivity index (χ1) is 14.1. The molecule has 0 aliphatic carbocycles. The van der Waals surface area contributed by atoms with Crippen LogP contribution in [0, 0.1) is 0 Å². The van der Waals surface area contributed by atoms with Crippen LogP contribution in [0.1, 0.15) is 49.2 Å². The number of rotatable bonds is 4. The zero-order valence-electron chi connectivity index (χ0n) is 17.4. The van der Waals surface area contributed by atoms with Crippen LogP contribution < -0.4 is 14.8 Å². The molecule has 0 radical (unpaired) electrons. The summed E-state index contributed by atoms with van der Waals surface area (Å²) < 4.78 is 10.7. The van der Waals surface area contributed by atoms with Gasteiger partial charge in [-0.2, -0.15) is 0 Å². The van der Waals surface area contributed by atoms with E-state index in [1.807, 2.05) is 12.1 Å². The lowest BCUT2D eigenvalue weighted by atomic mass is 9.86. The first-order valence-corrected chi connectivity index (χ1v) is 9.77. The van der Waals surface area contributed by atoms with Gasteiger partial charge in [0.2, 0.25) is 6.79 Å². The summed E-state index contributed by atoms with van der Waals surface area (Å²) in [6.07, 6.45) is 0. The Morgan fingerprint density at radius 3 is 2.40 bits per heavy atom. The zero-order chi connectivity index (χ0) is 21.7. The van der Waals surface area contributed by atoms with Gasteiger partial charge in [-0.1, -0.05) is 51.1 Å². The van der Waals surface area contributed by atoms with Gasteiger partial charge in [-0.05, 0) is 35.6 Å². The Balaban J connectivity index is 1.53. The summed E-state index contributed by atoms with van der Waals surface area (Å²) in [5.74, 6) is 0.328. The minimum atomic E-state index is -1.28. The average Bonchev–Trinajstić information content (AvgIpc) is 3.25. The number of hydrogen-bond acceptors (Lipinski definition) is 5. The third-order valence-corrected chi connectivity index (χ3v) is 5.60. The Morgan fingerprint density at radius 1 is 1.07 bits per heavy atom. The molecule has 0 bridgehead atoms. The Bertz CT molecular complexity index is 1040. The molecule has 1 saturated heterocycles. The molecule has 30 heavy (non-hydrogen) atoms. The van der Waals surface area contributed by atoms with Gasteiger partial charge >= 0.3 is 6.03 Å². The SMILES string of the molecule is CC(C)(C)c1ccc(C(=O)CN2C(=O)N[C@](C)(c3ccc4c(c3)OCO4)C2=O)cc1. The molecule has 2 aliphatic rings. The zero-order valence-corrected chi connectivity index (χ0v) is 17.4. The number of benzene rings is 2. The summed E-state index contributed by atoms with van der Waals surface area (Å²) in [4.78, 5) is 39.4. The standard InChI is InChI=1S/C23H24N2O5/c1-22(2,3)15-7-5-14(6-8-15)17(26)12-25-20(27)23(4,24-21(25)28)16-9-10-18-19(11-16)30-13-29-18/h5-11H,12-13H2,1-4H3,(H,24,28)/t23-/m1/s1. The molecule has 0 saturated carbocycles. The van der Waals surface area contributed by atoms with E-state index in [-0.39, 0.29) is 24.5 Å². The van der Waals surface area contributed by atoms with Crippen molar-refractivity contribution in [3.05, 3.63) is 59.2 Å². The molecule has 1 atom stereocenters. The van der Waals surface area contributed by atoms with E-state index in [0.29, 0.717) is 22.6 Å². The average molecular weight is 408 g/mol. The second-order valence-corrected chi connectivity index (χ2v) is 8.77. The van der Waals surface area contributed by atoms with E-state index >= 15 is 0 Å². The number of hydrogen-bond donors (Lipinski definition) is 1. The minimum Gasteiger partial charge on any atom is -0.454 e. The molecule has 2 aromatic carbocycles. The summed E-state index contributed by atoms with van der Waals surface area (Å²) in [6, 6.07) is 11.8. The lowest BCUT2D eigenvalue weighted by Gasteiger charge is -2.22. The van der Waals surface area contributed by atoms with Crippen molar-refractivity contribution in [2.45, 2.75) is 38.6 Å². The van der Waals surface area contributed by atoms with Crippen molar-refractivity contribution in [1.29, 1.82) is 0 Å². The first-order valence-electron chi connectivity index (χ1n) is 9.77. The first kappa shape index (κ1) is 19.9. The molecule has 0 unspecified atom stereocenters. The molecule has 3 amide bonds. The monoisotopic (exact) mass is 408 g/mol. The second-order valence-electron chi connectivity index (χ2n) is 8.77. The summed E-state index contributed by atoms with van der Waals surface area (Å²) in [5.41, 5.74) is 0.812. The van der Waals surface area contributed by atoms with Gasteiger partial charge in [-0.15, -0.1) is 0 Å². The summed E-state index contributed by atoms with van der Waals surface area (Å²) in [6.45, 7) is 7.69. The van der Waals surface area contributed by atoms with Crippen LogP contribution in [0.4, 0.5) is 4.79 Å². The number of nitrogens with zero attached hydrogens (tertiary/aromatic N) is 1. The Hall–Kier alpha value is -3.35. The number of urea groups is 1. The van der Waals surface area contributed by atoms with E-state index in [9.17, 15) is 14.4 Å². The van der Waals surface area contributed by atoms with Crippen LogP contribution in [0.25, 0.3) is 0 Å². The molecule has 156 valence electrons. The highest BCUT2D eigenvalue weighted by molar-refractivity contribution is 6.11. The van der Waals surface area contributed by atoms with Crippen molar-refractivity contribution < 1.29 is 23.9 Å². The quantitative estimate of drug-likeness (QED) is 0.619. The van der Waals surface area contributed by atoms with E-state index < -0.39 is 17.5 Å². The number of carbonyl (C=O) groups excluding carboxylic acids is 3. The van der Waals surface area contributed by atoms with E-state index in [1.54, 1.807) is 37.3 Å². The maximum Gasteiger partial charge on any atom is 0.325 e. The molecule has 0 spiro atoms. The van der Waals surface area contributed by atoms with Crippen molar-refractivity contribution in [1.82, 2.24) is 10.2 Å². The normalized spacial score (nSPS) is 20.5. The maximum atomic E-state index is 13.1. The van der Waals surface area contributed by atoms with Crippen LogP contribution in [0.5, 0.6) is 11.5 Å². The molecule has 2 aliphatic heterocycles. The van der Waals surface area contributed by atoms with Gasteiger partial charge in [-0.3, -0.25) is 14.5 Å². The largest absolute Gasteiger partial charge is 0.454 e. The number of amides is 3. The van der Waals surface area contributed by atoms with Crippen LogP contribution in [0.3, 0.4) is 0 Å². The number of imide groups is 1. The van der Waals surface area contributed by atoms with Crippen molar-refractivity contribution in [2.75, 3.05) is 13.3 Å². The number of ether oxygens (including phenoxy) is 2. The highest BCUT2D eigenvalue weighted by Crippen LogP contribution is 2.37. The molecular formula is C23H24N2O5. The van der Waals surface area contributed by atoms with Crippen molar-refractivity contribution in [3.8, 4) is 11.5 Å². The van der Waals surface area contributed by atoms with Gasteiger partial charge in [0.1, 0.15) is 5.54 Å². The summed E-state index contributed by atoms with van der Waals surface area (Å²) in [5, 5.41) is 2.71. The predicted octanol–water partition coefficient (Wildman–Crippen LogP) is 3.36. The molecule has 1 N–H and O–H groups in total. The van der Waals surface area contributed by atoms with E-state index in [1.165, 1.54) is 0 Å². The van der Waals surface area contributed by atoms with Gasteiger partial charge < -0.3 is 14.8 Å². The molecular weight excluding hydrogens is 384 g/mol. The van der Waals surface area contributed by atoms with Gasteiger partial charge in [0.25, 0.3) is 5.91 Å². The fourth-order valence-corrected chi connectivity index (χ4v) is 3.63. The van der Waals surface area contributed by atoms with Crippen LogP contribution in [0.15, 0.2) is 42.5 Å². The smallest absolute Gasteiger partial charge is 0.325 e. The number of fused-ring (bicyclic) bond motifs is 1. The number of nitrogens with one attached hydrogen (secondary N) is 1. The summed E-state index contributed by atoms with van der Waals surface area (Å²) >= 11 is 0. The minimum absolute atomic E-state index is 0.0290. The van der Waals surface area contributed by atoms with Gasteiger partial charge in [0.05, 0.1) is 6.54 Å². The number of Topliss-reactive ketones (excluding diaryl/α,β-unsaturated/α-hetero) is 1. The molecule has 2 aromatic rings. The van der Waals surface area contributed by atoms with Crippen LogP contribution in [-0.4, -0.2) is 36.0 Å². The Labute approximate surface area is 175 Å². The van der Waals surface area contributed by atoms with Crippen LogP contribution in [-0.2, 0) is 15.7 Å². The van der Waals surface area contributed by atoms with E-state index in [2.05, 4.69) is 26.1 Å². The number of ketones is 1. The molecule has 7 heteroatoms. The van der Waals surface area contributed by atoms with E-state index in [0.717, 1.165) is 10.5 Å². The Morgan fingerprint density at radius 2 is 1.73 bits per heavy atom. The molecule has 2 heterocycles. The highest BCUT2D eigenvalue weighted by atomic mass is 16.7. The lowest BCUT2D eigenvalue weighted by Crippen LogP contribution is -2.41. The molecule has 4 rings (SSSR count). The fourth-order valence-electron chi connectivity index (χ4n) is 3.63.